The predicted octanol–water partition coefficient (Wildman–Crippen LogP) is 3.44. The molecule has 1 amide bonds. The van der Waals surface area contributed by atoms with E-state index < -0.39 is 0 Å². The summed E-state index contributed by atoms with van der Waals surface area (Å²) in [4.78, 5) is 18.0. The van der Waals surface area contributed by atoms with Crippen LogP contribution in [0.25, 0.3) is 0 Å². The van der Waals surface area contributed by atoms with E-state index in [1.165, 1.54) is 12.0 Å². The second kappa shape index (κ2) is 8.23. The maximum atomic E-state index is 13.4. The lowest BCUT2D eigenvalue weighted by Gasteiger charge is -2.36. The maximum absolute atomic E-state index is 13.4. The Labute approximate surface area is 166 Å². The summed E-state index contributed by atoms with van der Waals surface area (Å²) in [6.45, 7) is 3.54. The van der Waals surface area contributed by atoms with Gasteiger partial charge in [0.2, 0.25) is 0 Å². The highest BCUT2D eigenvalue weighted by Gasteiger charge is 2.37. The van der Waals surface area contributed by atoms with Crippen LogP contribution >= 0.6 is 0 Å². The van der Waals surface area contributed by atoms with Gasteiger partial charge in [0.05, 0.1) is 14.2 Å². The molecule has 148 valence electrons. The highest BCUT2D eigenvalue weighted by molar-refractivity contribution is 5.99. The van der Waals surface area contributed by atoms with Gasteiger partial charge in [-0.15, -0.1) is 0 Å². The molecule has 2 atom stereocenters. The van der Waals surface area contributed by atoms with E-state index in [2.05, 4.69) is 35.2 Å². The molecule has 2 aromatic rings. The monoisotopic (exact) mass is 380 g/mol. The Morgan fingerprint density at radius 3 is 2.32 bits per heavy atom. The maximum Gasteiger partial charge on any atom is 0.261 e. The first kappa shape index (κ1) is 18.8. The van der Waals surface area contributed by atoms with Crippen molar-refractivity contribution in [3.8, 4) is 11.5 Å². The molecule has 3 saturated heterocycles. The molecule has 0 radical (unpaired) electrons. The molecule has 3 aliphatic rings. The van der Waals surface area contributed by atoms with Crippen LogP contribution in [0.2, 0.25) is 0 Å². The van der Waals surface area contributed by atoms with Crippen LogP contribution in [0.1, 0.15) is 28.8 Å². The Morgan fingerprint density at radius 2 is 1.64 bits per heavy atom. The van der Waals surface area contributed by atoms with Crippen molar-refractivity contribution in [1.82, 2.24) is 9.80 Å². The van der Waals surface area contributed by atoms with Gasteiger partial charge in [-0.1, -0.05) is 36.4 Å². The largest absolute Gasteiger partial charge is 0.496 e. The van der Waals surface area contributed by atoms with Crippen LogP contribution in [0.4, 0.5) is 0 Å². The number of methoxy groups -OCH3 is 2. The minimum Gasteiger partial charge on any atom is -0.496 e. The predicted molar refractivity (Wildman–Crippen MR) is 109 cm³/mol. The van der Waals surface area contributed by atoms with Gasteiger partial charge in [0.1, 0.15) is 17.1 Å². The second-order valence-corrected chi connectivity index (χ2v) is 7.76. The van der Waals surface area contributed by atoms with Gasteiger partial charge in [0.25, 0.3) is 5.91 Å². The van der Waals surface area contributed by atoms with E-state index in [9.17, 15) is 4.79 Å². The summed E-state index contributed by atoms with van der Waals surface area (Å²) < 4.78 is 10.9. The van der Waals surface area contributed by atoms with Crippen molar-refractivity contribution in [2.45, 2.75) is 25.4 Å². The Bertz CT molecular complexity index is 802. The number of benzene rings is 2. The van der Waals surface area contributed by atoms with Gasteiger partial charge in [0, 0.05) is 32.2 Å². The molecule has 0 N–H and O–H groups in total. The third-order valence-electron chi connectivity index (χ3n) is 5.98. The smallest absolute Gasteiger partial charge is 0.261 e. The molecule has 0 aliphatic carbocycles. The van der Waals surface area contributed by atoms with E-state index in [0.717, 1.165) is 32.6 Å². The van der Waals surface area contributed by atoms with Gasteiger partial charge in [-0.3, -0.25) is 9.69 Å². The SMILES string of the molecule is COc1cccc(OC)c1C(=O)N1C[C@H]2CC[C@@H](C1)N(Cc1ccccc1)C2. The number of amides is 1. The second-order valence-electron chi connectivity index (χ2n) is 7.76. The standard InChI is InChI=1S/C23H28N2O3/c1-27-20-9-6-10-21(28-2)22(20)23(26)25-15-18-11-12-19(16-25)24(14-18)13-17-7-4-3-5-8-17/h3-10,18-19H,11-16H2,1-2H3/t18-,19-/m0/s1. The van der Waals surface area contributed by atoms with Crippen molar-refractivity contribution in [3.63, 3.8) is 0 Å². The van der Waals surface area contributed by atoms with E-state index in [1.807, 2.05) is 23.1 Å². The average molecular weight is 380 g/mol. The van der Waals surface area contributed by atoms with Crippen LogP contribution < -0.4 is 9.47 Å². The van der Waals surface area contributed by atoms with Gasteiger partial charge in [-0.25, -0.2) is 0 Å². The van der Waals surface area contributed by atoms with Crippen molar-refractivity contribution in [3.05, 3.63) is 59.7 Å². The van der Waals surface area contributed by atoms with E-state index >= 15 is 0 Å². The highest BCUT2D eigenvalue weighted by atomic mass is 16.5. The Balaban J connectivity index is 1.56. The first-order chi connectivity index (χ1) is 13.7. The van der Waals surface area contributed by atoms with Crippen LogP contribution in [0.5, 0.6) is 11.5 Å². The number of hydrogen-bond donors (Lipinski definition) is 0. The van der Waals surface area contributed by atoms with Crippen LogP contribution in [0.15, 0.2) is 48.5 Å². The van der Waals surface area contributed by atoms with Crippen LogP contribution in [-0.2, 0) is 6.54 Å². The summed E-state index contributed by atoms with van der Waals surface area (Å²) in [7, 11) is 3.19. The molecule has 28 heavy (non-hydrogen) atoms. The van der Waals surface area contributed by atoms with Crippen molar-refractivity contribution < 1.29 is 14.3 Å². The minimum atomic E-state index is 0.00719. The van der Waals surface area contributed by atoms with E-state index in [4.69, 9.17) is 9.47 Å². The zero-order chi connectivity index (χ0) is 19.5. The number of carbonyl (C=O) groups excluding carboxylic acids is 1. The lowest BCUT2D eigenvalue weighted by molar-refractivity contribution is 0.0729. The van der Waals surface area contributed by atoms with Gasteiger partial charge in [0.15, 0.2) is 0 Å². The van der Waals surface area contributed by atoms with Crippen molar-refractivity contribution in [1.29, 1.82) is 0 Å². The third kappa shape index (κ3) is 3.72. The molecule has 3 fully saturated rings. The minimum absolute atomic E-state index is 0.00719. The molecule has 5 heteroatoms. The molecular formula is C23H28N2O3. The molecular weight excluding hydrogens is 352 g/mol. The first-order valence-electron chi connectivity index (χ1n) is 9.98. The topological polar surface area (TPSA) is 42.0 Å². The van der Waals surface area contributed by atoms with E-state index in [0.29, 0.717) is 29.0 Å². The number of fused-ring (bicyclic) bond motifs is 4. The summed E-state index contributed by atoms with van der Waals surface area (Å²) in [6.07, 6.45) is 2.33. The van der Waals surface area contributed by atoms with Crippen LogP contribution in [0, 0.1) is 5.92 Å². The number of rotatable bonds is 5. The number of hydrogen-bond acceptors (Lipinski definition) is 4. The number of nitrogens with zero attached hydrogens (tertiary/aromatic N) is 2. The molecule has 0 saturated carbocycles. The lowest BCUT2D eigenvalue weighted by atomic mass is 9.94. The molecule has 3 aliphatic heterocycles. The molecule has 0 unspecified atom stereocenters. The zero-order valence-corrected chi connectivity index (χ0v) is 16.6. The van der Waals surface area contributed by atoms with Gasteiger partial charge >= 0.3 is 0 Å². The van der Waals surface area contributed by atoms with E-state index in [1.54, 1.807) is 14.2 Å². The fraction of sp³-hybridized carbons (Fsp3) is 0.435. The fourth-order valence-electron chi connectivity index (χ4n) is 4.58. The third-order valence-corrected chi connectivity index (χ3v) is 5.98. The van der Waals surface area contributed by atoms with Gasteiger partial charge < -0.3 is 14.4 Å². The number of piperidine rings is 1. The quantitative estimate of drug-likeness (QED) is 0.797. The van der Waals surface area contributed by atoms with Gasteiger partial charge in [-0.2, -0.15) is 0 Å². The molecule has 0 aromatic heterocycles. The molecule has 0 spiro atoms. The highest BCUT2D eigenvalue weighted by Crippen LogP contribution is 2.34. The summed E-state index contributed by atoms with van der Waals surface area (Å²) in [5.41, 5.74) is 1.86. The first-order valence-corrected chi connectivity index (χ1v) is 9.98. The number of ether oxygens (including phenoxy) is 2. The summed E-state index contributed by atoms with van der Waals surface area (Å²) in [5.74, 6) is 1.66. The van der Waals surface area contributed by atoms with Gasteiger partial charge in [-0.05, 0) is 36.5 Å². The molecule has 2 bridgehead atoms. The van der Waals surface area contributed by atoms with Crippen molar-refractivity contribution in [2.75, 3.05) is 33.9 Å². The Morgan fingerprint density at radius 1 is 0.929 bits per heavy atom. The molecule has 3 heterocycles. The lowest BCUT2D eigenvalue weighted by Crippen LogP contribution is -2.44. The summed E-state index contributed by atoms with van der Waals surface area (Å²) >= 11 is 0. The van der Waals surface area contributed by atoms with Crippen LogP contribution in [-0.4, -0.2) is 55.6 Å². The summed E-state index contributed by atoms with van der Waals surface area (Å²) in [6, 6.07) is 16.5. The normalized spacial score (nSPS) is 22.0. The summed E-state index contributed by atoms with van der Waals surface area (Å²) in [5, 5.41) is 0. The zero-order valence-electron chi connectivity index (χ0n) is 16.6. The molecule has 2 aromatic carbocycles. The Hall–Kier alpha value is -2.53. The van der Waals surface area contributed by atoms with E-state index in [-0.39, 0.29) is 5.91 Å². The van der Waals surface area contributed by atoms with Crippen molar-refractivity contribution in [2.24, 2.45) is 5.92 Å². The molecule has 5 rings (SSSR count). The number of carbonyl (C=O) groups is 1. The fourth-order valence-corrected chi connectivity index (χ4v) is 4.58. The Kier molecular flexibility index (Phi) is 5.53. The van der Waals surface area contributed by atoms with Crippen LogP contribution in [0.3, 0.4) is 0 Å². The molecule has 5 nitrogen and oxygen atoms in total. The van der Waals surface area contributed by atoms with Crippen molar-refractivity contribution >= 4 is 5.91 Å². The average Bonchev–Trinajstić information content (AvgIpc) is 3.05.